The van der Waals surface area contributed by atoms with Crippen molar-refractivity contribution in [1.82, 2.24) is 0 Å². The maximum atomic E-state index is 12.8. The number of hydrogen-bond acceptors (Lipinski definition) is 22. The third kappa shape index (κ3) is 8.45. The number of carbonyl (C=O) groups excluding carboxylic acids is 4. The van der Waals surface area contributed by atoms with E-state index in [1.807, 2.05) is 0 Å². The van der Waals surface area contributed by atoms with Gasteiger partial charge in [-0.15, -0.1) is 0 Å². The van der Waals surface area contributed by atoms with Crippen molar-refractivity contribution in [2.75, 3.05) is 14.2 Å². The number of benzene rings is 6. The number of rotatable bonds is 12. The van der Waals surface area contributed by atoms with Gasteiger partial charge in [-0.1, -0.05) is 48.5 Å². The number of aromatic hydroxyl groups is 12. The summed E-state index contributed by atoms with van der Waals surface area (Å²) in [6, 6.07) is 12.4. The predicted molar refractivity (Wildman–Crippen MR) is 219 cm³/mol. The highest BCUT2D eigenvalue weighted by Gasteiger charge is 2.31. The van der Waals surface area contributed by atoms with Crippen LogP contribution in [0.4, 0.5) is 11.4 Å². The fraction of sp³-hybridized carbons (Fsp3) is 0.0476. The van der Waals surface area contributed by atoms with Gasteiger partial charge in [0.15, 0.2) is 57.6 Å². The van der Waals surface area contributed by atoms with Gasteiger partial charge in [-0.25, -0.2) is 0 Å². The molecule has 0 unspecified atom stereocenters. The normalized spacial score (nSPS) is 10.6. The van der Waals surface area contributed by atoms with Gasteiger partial charge in [0.1, 0.15) is 0 Å². The number of hydrogen-bond donors (Lipinski definition) is 12. The standard InChI is InChI=1S/C22H18O10.C20H12N2O12/c1-31-13-7-11(17(25)21(29)19(13)27)15(23)9-3-5-10(6-4-9)16(24)12-8-14(32-2)20(28)22(30)18(12)26;23-13(9-5-11(21(31)32)17(27)19(29)15(9)25)7-1-2-8(4-3-7)14(24)10-6-12(22(33)34)18(28)20(30)16(10)26/h3-8,25-30H,1-2H3;1-6,25-30H. The van der Waals surface area contributed by atoms with Crippen molar-refractivity contribution in [3.8, 4) is 80.5 Å². The Morgan fingerprint density at radius 1 is 0.364 bits per heavy atom. The van der Waals surface area contributed by atoms with Crippen LogP contribution in [0, 0.1) is 20.2 Å². The van der Waals surface area contributed by atoms with Gasteiger partial charge < -0.3 is 70.8 Å². The lowest BCUT2D eigenvalue weighted by Gasteiger charge is -2.12. The van der Waals surface area contributed by atoms with Gasteiger partial charge in [-0.3, -0.25) is 39.4 Å². The maximum absolute atomic E-state index is 12.8. The summed E-state index contributed by atoms with van der Waals surface area (Å²) in [6.45, 7) is 0. The lowest BCUT2D eigenvalue weighted by molar-refractivity contribution is -0.386. The topological polar surface area (TPSA) is 416 Å². The van der Waals surface area contributed by atoms with Crippen molar-refractivity contribution in [2.24, 2.45) is 0 Å². The number of nitro benzene ring substituents is 2. The molecule has 0 amide bonds. The summed E-state index contributed by atoms with van der Waals surface area (Å²) in [6.07, 6.45) is 0. The van der Waals surface area contributed by atoms with Crippen LogP contribution in [0.1, 0.15) is 63.7 Å². The Hall–Kier alpha value is -10.0. The lowest BCUT2D eigenvalue weighted by atomic mass is 9.96. The van der Waals surface area contributed by atoms with E-state index in [1.54, 1.807) is 0 Å². The van der Waals surface area contributed by atoms with Crippen LogP contribution in [0.2, 0.25) is 0 Å². The van der Waals surface area contributed by atoms with E-state index in [0.717, 1.165) is 36.4 Å². The second kappa shape index (κ2) is 18.2. The molecule has 0 aliphatic rings. The number of phenols is 12. The lowest BCUT2D eigenvalue weighted by Crippen LogP contribution is -2.06. The van der Waals surface area contributed by atoms with E-state index < -0.39 is 124 Å². The summed E-state index contributed by atoms with van der Waals surface area (Å²) in [5, 5.41) is 139. The van der Waals surface area contributed by atoms with Crippen LogP contribution in [-0.2, 0) is 0 Å². The zero-order chi connectivity index (χ0) is 49.2. The molecule has 6 aromatic rings. The molecule has 0 aliphatic heterocycles. The second-order valence-electron chi connectivity index (χ2n) is 13.3. The Kier molecular flexibility index (Phi) is 12.9. The molecule has 340 valence electrons. The first-order valence-electron chi connectivity index (χ1n) is 17.9. The van der Waals surface area contributed by atoms with Crippen LogP contribution in [0.5, 0.6) is 80.5 Å². The van der Waals surface area contributed by atoms with Gasteiger partial charge >= 0.3 is 11.4 Å². The van der Waals surface area contributed by atoms with Crippen LogP contribution in [-0.4, -0.2) is 108 Å². The smallest absolute Gasteiger partial charge is 0.315 e. The molecule has 0 radical (unpaired) electrons. The van der Waals surface area contributed by atoms with E-state index in [1.165, 1.54) is 38.5 Å². The molecule has 24 nitrogen and oxygen atoms in total. The quantitative estimate of drug-likeness (QED) is 0.0345. The van der Waals surface area contributed by atoms with Crippen LogP contribution >= 0.6 is 0 Å². The van der Waals surface area contributed by atoms with Crippen molar-refractivity contribution < 1.29 is 99.8 Å². The zero-order valence-corrected chi connectivity index (χ0v) is 33.3. The van der Waals surface area contributed by atoms with Crippen LogP contribution < -0.4 is 9.47 Å². The summed E-state index contributed by atoms with van der Waals surface area (Å²) >= 11 is 0. The zero-order valence-electron chi connectivity index (χ0n) is 33.3. The summed E-state index contributed by atoms with van der Waals surface area (Å²) in [5.74, 6) is -16.3. The van der Waals surface area contributed by atoms with Crippen LogP contribution in [0.25, 0.3) is 0 Å². The molecule has 24 heteroatoms. The first-order chi connectivity index (χ1) is 31.0. The van der Waals surface area contributed by atoms with Crippen molar-refractivity contribution in [1.29, 1.82) is 0 Å². The highest BCUT2D eigenvalue weighted by Crippen LogP contribution is 2.48. The average molecular weight is 915 g/mol. The Balaban J connectivity index is 0.000000248. The largest absolute Gasteiger partial charge is 0.504 e. The Labute approximate surface area is 366 Å². The van der Waals surface area contributed by atoms with Gasteiger partial charge in [0.25, 0.3) is 0 Å². The number of nitro groups is 2. The fourth-order valence-corrected chi connectivity index (χ4v) is 5.97. The van der Waals surface area contributed by atoms with E-state index in [4.69, 9.17) is 9.47 Å². The highest BCUT2D eigenvalue weighted by molar-refractivity contribution is 6.15. The average Bonchev–Trinajstić information content (AvgIpc) is 3.30. The summed E-state index contributed by atoms with van der Waals surface area (Å²) < 4.78 is 9.73. The van der Waals surface area contributed by atoms with Crippen molar-refractivity contribution in [3.63, 3.8) is 0 Å². The van der Waals surface area contributed by atoms with Crippen molar-refractivity contribution in [3.05, 3.63) is 138 Å². The first kappa shape index (κ1) is 47.1. The summed E-state index contributed by atoms with van der Waals surface area (Å²) in [7, 11) is 2.40. The van der Waals surface area contributed by atoms with E-state index >= 15 is 0 Å². The molecular formula is C42H30N2O22. The molecule has 0 atom stereocenters. The number of methoxy groups -OCH3 is 2. The van der Waals surface area contributed by atoms with E-state index in [9.17, 15) is 101 Å². The second-order valence-corrected chi connectivity index (χ2v) is 13.3. The molecule has 66 heavy (non-hydrogen) atoms. The minimum absolute atomic E-state index is 0.0272. The molecule has 0 fully saturated rings. The monoisotopic (exact) mass is 914 g/mol. The molecule has 6 aromatic carbocycles. The molecule has 0 spiro atoms. The molecule has 0 saturated heterocycles. The predicted octanol–water partition coefficient (Wildman–Crippen LogP) is 4.60. The minimum atomic E-state index is -1.28. The van der Waals surface area contributed by atoms with Gasteiger partial charge in [0, 0.05) is 34.4 Å². The number of nitrogens with zero attached hydrogens (tertiary/aromatic N) is 2. The number of carbonyl (C=O) groups is 4. The van der Waals surface area contributed by atoms with Crippen LogP contribution in [0.15, 0.2) is 72.8 Å². The summed E-state index contributed by atoms with van der Waals surface area (Å²) in [5.41, 5.74) is -4.63. The third-order valence-corrected chi connectivity index (χ3v) is 9.51. The van der Waals surface area contributed by atoms with Crippen LogP contribution in [0.3, 0.4) is 0 Å². The van der Waals surface area contributed by atoms with Gasteiger partial charge in [0.05, 0.1) is 46.3 Å². The van der Waals surface area contributed by atoms with E-state index in [0.29, 0.717) is 12.1 Å². The Bertz CT molecular complexity index is 2830. The maximum Gasteiger partial charge on any atom is 0.315 e. The molecule has 0 aliphatic carbocycles. The summed E-state index contributed by atoms with van der Waals surface area (Å²) in [4.78, 5) is 70.7. The molecule has 0 bridgehead atoms. The molecule has 6 rings (SSSR count). The molecule has 0 aromatic heterocycles. The fourth-order valence-electron chi connectivity index (χ4n) is 5.97. The number of ketones is 4. The number of phenolic OH excluding ortho intramolecular Hbond substituents is 12. The van der Waals surface area contributed by atoms with Gasteiger partial charge in [-0.2, -0.15) is 0 Å². The third-order valence-electron chi connectivity index (χ3n) is 9.51. The SMILES string of the molecule is COc1cc(C(=O)c2ccc(C(=O)c3cc(OC)c(O)c(O)c3O)cc2)c(O)c(O)c1O.O=C(c1ccc(C(=O)c2cc([N+](=O)[O-])c(O)c(O)c2O)cc1)c1cc([N+](=O)[O-])c(O)c(O)c1O. The van der Waals surface area contributed by atoms with E-state index in [-0.39, 0.29) is 44.9 Å². The van der Waals surface area contributed by atoms with Gasteiger partial charge in [-0.05, 0) is 12.1 Å². The Morgan fingerprint density at radius 2 is 0.576 bits per heavy atom. The Morgan fingerprint density at radius 3 is 0.788 bits per heavy atom. The molecular weight excluding hydrogens is 884 g/mol. The molecule has 0 saturated carbocycles. The van der Waals surface area contributed by atoms with Gasteiger partial charge in [0.2, 0.25) is 46.0 Å². The van der Waals surface area contributed by atoms with E-state index in [2.05, 4.69) is 0 Å². The minimum Gasteiger partial charge on any atom is -0.504 e. The highest BCUT2D eigenvalue weighted by atomic mass is 16.6. The molecule has 0 heterocycles. The van der Waals surface area contributed by atoms with Crippen molar-refractivity contribution in [2.45, 2.75) is 0 Å². The first-order valence-corrected chi connectivity index (χ1v) is 17.9. The number of ether oxygens (including phenoxy) is 2. The molecule has 12 N–H and O–H groups in total. The van der Waals surface area contributed by atoms with Crippen molar-refractivity contribution >= 4 is 34.5 Å².